The highest BCUT2D eigenvalue weighted by Gasteiger charge is 2.33. The van der Waals surface area contributed by atoms with Crippen molar-refractivity contribution in [3.8, 4) is 17.2 Å². The summed E-state index contributed by atoms with van der Waals surface area (Å²) in [6.45, 7) is 3.61. The number of hydrogen-bond donors (Lipinski definition) is 2. The zero-order valence-electron chi connectivity index (χ0n) is 17.1. The number of aromatic hydroxyl groups is 1. The predicted octanol–water partition coefficient (Wildman–Crippen LogP) is 3.79. The highest BCUT2D eigenvalue weighted by atomic mass is 16.6. The van der Waals surface area contributed by atoms with Crippen molar-refractivity contribution in [2.75, 3.05) is 32.7 Å². The summed E-state index contributed by atoms with van der Waals surface area (Å²) in [5, 5.41) is 13.3. The minimum atomic E-state index is -0.326. The SMILES string of the molecule is CCCNc1cc(CC2COC(=O)N2Cc2ccc(OC)c(OC)c2)ccc1O. The Bertz CT molecular complexity index is 855. The van der Waals surface area contributed by atoms with E-state index in [1.165, 1.54) is 0 Å². The second-order valence-electron chi connectivity index (χ2n) is 7.03. The van der Waals surface area contributed by atoms with E-state index in [2.05, 4.69) is 12.2 Å². The van der Waals surface area contributed by atoms with Crippen LogP contribution in [-0.2, 0) is 17.7 Å². The van der Waals surface area contributed by atoms with Gasteiger partial charge in [0, 0.05) is 13.1 Å². The summed E-state index contributed by atoms with van der Waals surface area (Å²) in [7, 11) is 3.18. The molecular weight excluding hydrogens is 372 g/mol. The first kappa shape index (κ1) is 20.6. The number of methoxy groups -OCH3 is 2. The van der Waals surface area contributed by atoms with E-state index in [0.717, 1.165) is 24.1 Å². The van der Waals surface area contributed by atoms with Crippen molar-refractivity contribution in [2.45, 2.75) is 32.4 Å². The van der Waals surface area contributed by atoms with Crippen molar-refractivity contribution in [1.82, 2.24) is 4.90 Å². The number of ether oxygens (including phenoxy) is 3. The van der Waals surface area contributed by atoms with Crippen molar-refractivity contribution in [2.24, 2.45) is 0 Å². The first-order valence-electron chi connectivity index (χ1n) is 9.75. The van der Waals surface area contributed by atoms with Crippen LogP contribution in [0.15, 0.2) is 36.4 Å². The molecule has 1 unspecified atom stereocenters. The molecule has 1 fully saturated rings. The molecule has 0 spiro atoms. The molecule has 2 N–H and O–H groups in total. The maximum Gasteiger partial charge on any atom is 0.410 e. The van der Waals surface area contributed by atoms with Crippen LogP contribution in [0.2, 0.25) is 0 Å². The van der Waals surface area contributed by atoms with Gasteiger partial charge in [0.25, 0.3) is 0 Å². The number of anilines is 1. The minimum Gasteiger partial charge on any atom is -0.506 e. The quantitative estimate of drug-likeness (QED) is 0.624. The molecule has 1 aliphatic rings. The number of nitrogens with zero attached hydrogens (tertiary/aromatic N) is 1. The second kappa shape index (κ2) is 9.41. The molecule has 0 aromatic heterocycles. The smallest absolute Gasteiger partial charge is 0.410 e. The highest BCUT2D eigenvalue weighted by molar-refractivity contribution is 5.70. The molecule has 7 nitrogen and oxygen atoms in total. The van der Waals surface area contributed by atoms with Gasteiger partial charge in [-0.05, 0) is 48.2 Å². The van der Waals surface area contributed by atoms with E-state index in [9.17, 15) is 9.90 Å². The monoisotopic (exact) mass is 400 g/mol. The summed E-state index contributed by atoms with van der Waals surface area (Å²) in [6.07, 6.45) is 1.28. The zero-order valence-corrected chi connectivity index (χ0v) is 17.1. The van der Waals surface area contributed by atoms with Gasteiger partial charge in [-0.1, -0.05) is 19.1 Å². The highest BCUT2D eigenvalue weighted by Crippen LogP contribution is 2.30. The molecule has 2 aromatic rings. The van der Waals surface area contributed by atoms with E-state index in [1.807, 2.05) is 30.3 Å². The van der Waals surface area contributed by atoms with E-state index in [-0.39, 0.29) is 17.9 Å². The molecule has 0 bridgehead atoms. The van der Waals surface area contributed by atoms with Crippen LogP contribution in [0.3, 0.4) is 0 Å². The number of phenols is 1. The topological polar surface area (TPSA) is 80.3 Å². The number of benzene rings is 2. The van der Waals surface area contributed by atoms with Crippen molar-refractivity contribution >= 4 is 11.8 Å². The van der Waals surface area contributed by atoms with E-state index >= 15 is 0 Å². The Kier molecular flexibility index (Phi) is 6.69. The Labute approximate surface area is 171 Å². The van der Waals surface area contributed by atoms with Crippen LogP contribution in [0, 0.1) is 0 Å². The summed E-state index contributed by atoms with van der Waals surface area (Å²) in [6, 6.07) is 11.0. The molecule has 1 saturated heterocycles. The third kappa shape index (κ3) is 4.85. The Morgan fingerprint density at radius 3 is 2.62 bits per heavy atom. The summed E-state index contributed by atoms with van der Waals surface area (Å²) in [5.41, 5.74) is 2.67. The van der Waals surface area contributed by atoms with E-state index in [4.69, 9.17) is 14.2 Å². The Balaban J connectivity index is 1.74. The molecule has 3 rings (SSSR count). The van der Waals surface area contributed by atoms with Crippen LogP contribution < -0.4 is 14.8 Å². The van der Waals surface area contributed by atoms with Crippen LogP contribution in [0.25, 0.3) is 0 Å². The number of cyclic esters (lactones) is 1. The normalized spacial score (nSPS) is 15.9. The van der Waals surface area contributed by atoms with Crippen molar-refractivity contribution in [1.29, 1.82) is 0 Å². The molecule has 2 aromatic carbocycles. The fraction of sp³-hybridized carbons (Fsp3) is 0.409. The van der Waals surface area contributed by atoms with Crippen LogP contribution in [0.4, 0.5) is 10.5 Å². The zero-order chi connectivity index (χ0) is 20.8. The third-order valence-corrected chi connectivity index (χ3v) is 4.97. The van der Waals surface area contributed by atoms with Gasteiger partial charge < -0.3 is 24.6 Å². The molecule has 156 valence electrons. The lowest BCUT2D eigenvalue weighted by Crippen LogP contribution is -2.34. The van der Waals surface area contributed by atoms with Gasteiger partial charge in [-0.25, -0.2) is 4.79 Å². The molecule has 1 heterocycles. The maximum absolute atomic E-state index is 12.3. The summed E-state index contributed by atoms with van der Waals surface area (Å²) >= 11 is 0. The lowest BCUT2D eigenvalue weighted by atomic mass is 10.0. The molecule has 1 aliphatic heterocycles. The van der Waals surface area contributed by atoms with Crippen LogP contribution in [-0.4, -0.2) is 49.5 Å². The van der Waals surface area contributed by atoms with E-state index in [1.54, 1.807) is 25.2 Å². The fourth-order valence-corrected chi connectivity index (χ4v) is 3.41. The van der Waals surface area contributed by atoms with Crippen LogP contribution in [0.5, 0.6) is 17.2 Å². The summed E-state index contributed by atoms with van der Waals surface area (Å²) in [5.74, 6) is 1.50. The number of hydrogen-bond acceptors (Lipinski definition) is 6. The molecule has 0 saturated carbocycles. The summed E-state index contributed by atoms with van der Waals surface area (Å²) in [4.78, 5) is 14.0. The number of amides is 1. The second-order valence-corrected chi connectivity index (χ2v) is 7.03. The number of phenolic OH excluding ortho intramolecular Hbond substituents is 1. The number of nitrogens with one attached hydrogen (secondary N) is 1. The number of carbonyl (C=O) groups excluding carboxylic acids is 1. The molecule has 29 heavy (non-hydrogen) atoms. The first-order chi connectivity index (χ1) is 14.0. The van der Waals surface area contributed by atoms with E-state index < -0.39 is 0 Å². The van der Waals surface area contributed by atoms with Crippen molar-refractivity contribution in [3.05, 3.63) is 47.5 Å². The minimum absolute atomic E-state index is 0.0841. The van der Waals surface area contributed by atoms with Crippen LogP contribution >= 0.6 is 0 Å². The van der Waals surface area contributed by atoms with Gasteiger partial charge >= 0.3 is 6.09 Å². The largest absolute Gasteiger partial charge is 0.506 e. The molecule has 0 radical (unpaired) electrons. The molecular formula is C22H28N2O5. The maximum atomic E-state index is 12.3. The van der Waals surface area contributed by atoms with Gasteiger partial charge in [-0.3, -0.25) is 4.90 Å². The van der Waals surface area contributed by atoms with Gasteiger partial charge in [0.2, 0.25) is 0 Å². The molecule has 1 amide bonds. The number of rotatable bonds is 9. The number of carbonyl (C=O) groups is 1. The average molecular weight is 400 g/mol. The standard InChI is InChI=1S/C22H28N2O5/c1-4-9-23-18-11-15(5-7-19(18)25)10-17-14-29-22(26)24(17)13-16-6-8-20(27-2)21(12-16)28-3/h5-8,11-12,17,23,25H,4,9-10,13-14H2,1-3H3. The Morgan fingerprint density at radius 1 is 1.14 bits per heavy atom. The lowest BCUT2D eigenvalue weighted by molar-refractivity contribution is 0.156. The van der Waals surface area contributed by atoms with E-state index in [0.29, 0.717) is 36.8 Å². The van der Waals surface area contributed by atoms with Gasteiger partial charge in [0.1, 0.15) is 12.4 Å². The Morgan fingerprint density at radius 2 is 1.90 bits per heavy atom. The van der Waals surface area contributed by atoms with Crippen molar-refractivity contribution in [3.63, 3.8) is 0 Å². The Hall–Kier alpha value is -3.09. The molecule has 7 heteroatoms. The predicted molar refractivity (Wildman–Crippen MR) is 111 cm³/mol. The van der Waals surface area contributed by atoms with Gasteiger partial charge in [-0.2, -0.15) is 0 Å². The lowest BCUT2D eigenvalue weighted by Gasteiger charge is -2.22. The summed E-state index contributed by atoms with van der Waals surface area (Å²) < 4.78 is 15.9. The molecule has 1 atom stereocenters. The van der Waals surface area contributed by atoms with Gasteiger partial charge in [0.15, 0.2) is 11.5 Å². The third-order valence-electron chi connectivity index (χ3n) is 4.97. The van der Waals surface area contributed by atoms with Crippen molar-refractivity contribution < 1.29 is 24.1 Å². The average Bonchev–Trinajstić information content (AvgIpc) is 3.07. The van der Waals surface area contributed by atoms with Gasteiger partial charge in [-0.15, -0.1) is 0 Å². The first-order valence-corrected chi connectivity index (χ1v) is 9.75. The van der Waals surface area contributed by atoms with Gasteiger partial charge in [0.05, 0.1) is 25.9 Å². The molecule has 0 aliphatic carbocycles. The van der Waals surface area contributed by atoms with Crippen LogP contribution in [0.1, 0.15) is 24.5 Å². The fourth-order valence-electron chi connectivity index (χ4n) is 3.41.